The zero-order chi connectivity index (χ0) is 11.5. The van der Waals surface area contributed by atoms with Crippen molar-refractivity contribution in [3.8, 4) is 0 Å². The summed E-state index contributed by atoms with van der Waals surface area (Å²) in [5, 5.41) is 15.9. The molecular weight excluding hydrogens is 211 g/mol. The molecule has 0 aromatic heterocycles. The molecule has 1 aromatic carbocycles. The molecule has 0 bridgehead atoms. The van der Waals surface area contributed by atoms with E-state index < -0.39 is 5.97 Å². The van der Waals surface area contributed by atoms with Gasteiger partial charge in [0.25, 0.3) is 0 Å². The summed E-state index contributed by atoms with van der Waals surface area (Å²) in [7, 11) is 0. The van der Waals surface area contributed by atoms with Crippen LogP contribution in [0, 0.1) is 5.82 Å². The van der Waals surface area contributed by atoms with Crippen molar-refractivity contribution in [1.29, 1.82) is 0 Å². The van der Waals surface area contributed by atoms with E-state index in [1.807, 2.05) is 0 Å². The van der Waals surface area contributed by atoms with Crippen LogP contribution in [0.2, 0.25) is 0 Å². The number of aliphatic carboxylic acids is 1. The minimum absolute atomic E-state index is 0.00587. The molecule has 0 amide bonds. The molecule has 0 saturated carbocycles. The van der Waals surface area contributed by atoms with E-state index in [2.05, 4.69) is 10.2 Å². The normalized spacial score (nSPS) is 14.6. The van der Waals surface area contributed by atoms with Crippen LogP contribution in [0.15, 0.2) is 34.5 Å². The highest BCUT2D eigenvalue weighted by Crippen LogP contribution is 2.12. The summed E-state index contributed by atoms with van der Waals surface area (Å²) in [5.41, 5.74) is 1.08. The molecule has 0 unspecified atom stereocenters. The fourth-order valence-corrected chi connectivity index (χ4v) is 1.47. The summed E-state index contributed by atoms with van der Waals surface area (Å²) in [5.74, 6) is -1.39. The topological polar surface area (TPSA) is 62.0 Å². The van der Waals surface area contributed by atoms with E-state index in [0.29, 0.717) is 17.7 Å². The highest BCUT2D eigenvalue weighted by atomic mass is 19.1. The fourth-order valence-electron chi connectivity index (χ4n) is 1.47. The molecule has 82 valence electrons. The lowest BCUT2D eigenvalue weighted by molar-refractivity contribution is -0.129. The van der Waals surface area contributed by atoms with Crippen molar-refractivity contribution in [1.82, 2.24) is 0 Å². The van der Waals surface area contributed by atoms with Crippen molar-refractivity contribution in [2.45, 2.75) is 12.8 Å². The van der Waals surface area contributed by atoms with Crippen molar-refractivity contribution >= 4 is 17.4 Å². The first-order valence-corrected chi connectivity index (χ1v) is 4.76. The van der Waals surface area contributed by atoms with E-state index in [1.165, 1.54) is 6.07 Å². The second kappa shape index (κ2) is 4.22. The van der Waals surface area contributed by atoms with E-state index in [9.17, 15) is 9.18 Å². The minimum Gasteiger partial charge on any atom is -0.477 e. The predicted octanol–water partition coefficient (Wildman–Crippen LogP) is 1.65. The third-order valence-corrected chi connectivity index (χ3v) is 2.28. The smallest absolute Gasteiger partial charge is 0.352 e. The highest BCUT2D eigenvalue weighted by Gasteiger charge is 2.19. The van der Waals surface area contributed by atoms with Crippen molar-refractivity contribution in [2.24, 2.45) is 10.2 Å². The van der Waals surface area contributed by atoms with Crippen LogP contribution in [0.25, 0.3) is 0 Å². The Morgan fingerprint density at radius 1 is 1.38 bits per heavy atom. The van der Waals surface area contributed by atoms with E-state index >= 15 is 0 Å². The first-order chi connectivity index (χ1) is 7.66. The molecule has 1 heterocycles. The summed E-state index contributed by atoms with van der Waals surface area (Å²) < 4.78 is 13.3. The van der Waals surface area contributed by atoms with E-state index in [1.54, 1.807) is 18.2 Å². The fraction of sp³-hybridized carbons (Fsp3) is 0.182. The van der Waals surface area contributed by atoms with Gasteiger partial charge >= 0.3 is 5.97 Å². The Bertz CT molecular complexity index is 495. The van der Waals surface area contributed by atoms with Crippen LogP contribution in [0.5, 0.6) is 0 Å². The Hall–Kier alpha value is -2.04. The quantitative estimate of drug-likeness (QED) is 0.841. The van der Waals surface area contributed by atoms with Gasteiger partial charge in [-0.1, -0.05) is 18.2 Å². The van der Waals surface area contributed by atoms with Gasteiger partial charge in [0.2, 0.25) is 0 Å². The molecule has 0 saturated heterocycles. The molecular formula is C11H9FN2O2. The molecule has 1 aliphatic rings. The summed E-state index contributed by atoms with van der Waals surface area (Å²) >= 11 is 0. The molecule has 0 fully saturated rings. The molecule has 16 heavy (non-hydrogen) atoms. The van der Waals surface area contributed by atoms with Gasteiger partial charge in [-0.25, -0.2) is 9.18 Å². The third-order valence-electron chi connectivity index (χ3n) is 2.28. The average Bonchev–Trinajstić information content (AvgIpc) is 2.70. The Morgan fingerprint density at radius 3 is 2.75 bits per heavy atom. The molecule has 0 radical (unpaired) electrons. The van der Waals surface area contributed by atoms with E-state index in [-0.39, 0.29) is 17.9 Å². The van der Waals surface area contributed by atoms with Crippen molar-refractivity contribution in [2.75, 3.05) is 0 Å². The number of benzene rings is 1. The largest absolute Gasteiger partial charge is 0.477 e. The Balaban J connectivity index is 2.05. The van der Waals surface area contributed by atoms with Crippen molar-refractivity contribution in [3.63, 3.8) is 0 Å². The molecule has 5 heteroatoms. The molecule has 0 spiro atoms. The summed E-state index contributed by atoms with van der Waals surface area (Å²) in [6.45, 7) is 0. The van der Waals surface area contributed by atoms with Crippen molar-refractivity contribution < 1.29 is 14.3 Å². The number of carboxylic acid groups (broad SMARTS) is 1. The Kier molecular flexibility index (Phi) is 2.76. The third kappa shape index (κ3) is 2.13. The maximum Gasteiger partial charge on any atom is 0.352 e. The highest BCUT2D eigenvalue weighted by molar-refractivity contribution is 6.40. The molecule has 1 aliphatic heterocycles. The van der Waals surface area contributed by atoms with Gasteiger partial charge in [0.15, 0.2) is 5.71 Å². The van der Waals surface area contributed by atoms with Gasteiger partial charge in [0.1, 0.15) is 5.82 Å². The van der Waals surface area contributed by atoms with Gasteiger partial charge in [-0.2, -0.15) is 5.10 Å². The zero-order valence-corrected chi connectivity index (χ0v) is 8.35. The summed E-state index contributed by atoms with van der Waals surface area (Å²) in [6.07, 6.45) is 0.483. The molecule has 1 N–H and O–H groups in total. The Labute approximate surface area is 91.1 Å². The van der Waals surface area contributed by atoms with Gasteiger partial charge in [0, 0.05) is 12.8 Å². The van der Waals surface area contributed by atoms with Crippen LogP contribution >= 0.6 is 0 Å². The monoisotopic (exact) mass is 220 g/mol. The molecule has 4 nitrogen and oxygen atoms in total. The van der Waals surface area contributed by atoms with Crippen LogP contribution in [-0.2, 0) is 11.2 Å². The zero-order valence-electron chi connectivity index (χ0n) is 8.35. The SMILES string of the molecule is O=C(O)C1=NN=C(Cc2ccccc2F)C1. The first-order valence-electron chi connectivity index (χ1n) is 4.76. The molecule has 0 atom stereocenters. The van der Waals surface area contributed by atoms with Gasteiger partial charge in [-0.15, -0.1) is 5.10 Å². The first kappa shape index (κ1) is 10.5. The van der Waals surface area contributed by atoms with E-state index in [4.69, 9.17) is 5.11 Å². The predicted molar refractivity (Wildman–Crippen MR) is 57.2 cm³/mol. The number of carboxylic acids is 1. The number of hydrogen-bond donors (Lipinski definition) is 1. The van der Waals surface area contributed by atoms with Gasteiger partial charge in [-0.05, 0) is 11.6 Å². The number of halogens is 1. The van der Waals surface area contributed by atoms with E-state index in [0.717, 1.165) is 0 Å². The molecule has 2 rings (SSSR count). The summed E-state index contributed by atoms with van der Waals surface area (Å²) in [6, 6.07) is 6.35. The number of nitrogens with zero attached hydrogens (tertiary/aromatic N) is 2. The van der Waals surface area contributed by atoms with Crippen LogP contribution in [0.4, 0.5) is 4.39 Å². The maximum absolute atomic E-state index is 13.3. The van der Waals surface area contributed by atoms with Crippen LogP contribution in [-0.4, -0.2) is 22.5 Å². The van der Waals surface area contributed by atoms with Crippen LogP contribution in [0.1, 0.15) is 12.0 Å². The van der Waals surface area contributed by atoms with Gasteiger partial charge < -0.3 is 5.11 Å². The second-order valence-electron chi connectivity index (χ2n) is 3.46. The molecule has 1 aromatic rings. The lowest BCUT2D eigenvalue weighted by Gasteiger charge is -2.01. The van der Waals surface area contributed by atoms with Gasteiger partial charge in [-0.3, -0.25) is 0 Å². The molecule has 0 aliphatic carbocycles. The second-order valence-corrected chi connectivity index (χ2v) is 3.46. The number of carbonyl (C=O) groups is 1. The maximum atomic E-state index is 13.3. The summed E-state index contributed by atoms with van der Waals surface area (Å²) in [4.78, 5) is 10.6. The van der Waals surface area contributed by atoms with Crippen LogP contribution in [0.3, 0.4) is 0 Å². The van der Waals surface area contributed by atoms with Gasteiger partial charge in [0.05, 0.1) is 5.71 Å². The number of hydrogen-bond acceptors (Lipinski definition) is 3. The van der Waals surface area contributed by atoms with Crippen molar-refractivity contribution in [3.05, 3.63) is 35.6 Å². The number of rotatable bonds is 3. The standard InChI is InChI=1S/C11H9FN2O2/c12-9-4-2-1-3-7(9)5-8-6-10(11(15)16)14-13-8/h1-4H,5-6H2,(H,15,16). The lowest BCUT2D eigenvalue weighted by atomic mass is 10.0. The average molecular weight is 220 g/mol. The lowest BCUT2D eigenvalue weighted by Crippen LogP contribution is -2.14. The van der Waals surface area contributed by atoms with Crippen LogP contribution < -0.4 is 0 Å². The minimum atomic E-state index is -1.08. The Morgan fingerprint density at radius 2 is 2.12 bits per heavy atom.